The molecule has 1 heterocycles. The van der Waals surface area contributed by atoms with E-state index >= 15 is 0 Å². The molecular weight excluding hydrogens is 288 g/mol. The topological polar surface area (TPSA) is 80.9 Å². The van der Waals surface area contributed by atoms with Crippen LogP contribution in [0.25, 0.3) is 11.4 Å². The molecule has 0 radical (unpaired) electrons. The Morgan fingerprint density at radius 2 is 2.29 bits per heavy atom. The highest BCUT2D eigenvalue weighted by molar-refractivity contribution is 9.10. The molecule has 17 heavy (non-hydrogen) atoms. The second-order valence-electron chi connectivity index (χ2n) is 3.47. The van der Waals surface area contributed by atoms with Crippen LogP contribution in [-0.4, -0.2) is 31.3 Å². The Labute approximate surface area is 105 Å². The van der Waals surface area contributed by atoms with Crippen molar-refractivity contribution in [1.29, 1.82) is 0 Å². The van der Waals surface area contributed by atoms with Crippen LogP contribution in [0.4, 0.5) is 0 Å². The number of aliphatic carboxylic acids is 1. The first kappa shape index (κ1) is 11.7. The van der Waals surface area contributed by atoms with E-state index in [9.17, 15) is 4.79 Å². The molecule has 7 heteroatoms. The molecule has 2 rings (SSSR count). The molecule has 0 atom stereocenters. The van der Waals surface area contributed by atoms with Crippen LogP contribution < -0.4 is 0 Å². The van der Waals surface area contributed by atoms with Crippen molar-refractivity contribution >= 4 is 21.9 Å². The number of carboxylic acid groups (broad SMARTS) is 1. The summed E-state index contributed by atoms with van der Waals surface area (Å²) in [5, 5.41) is 19.8. The summed E-state index contributed by atoms with van der Waals surface area (Å²) in [4.78, 5) is 10.7. The number of tetrazole rings is 1. The van der Waals surface area contributed by atoms with E-state index in [0.717, 1.165) is 15.6 Å². The maximum absolute atomic E-state index is 10.7. The van der Waals surface area contributed by atoms with Gasteiger partial charge in [0.1, 0.15) is 6.54 Å². The Hall–Kier alpha value is -1.76. The van der Waals surface area contributed by atoms with Gasteiger partial charge in [-0.1, -0.05) is 28.1 Å². The lowest BCUT2D eigenvalue weighted by Crippen LogP contribution is -2.12. The highest BCUT2D eigenvalue weighted by Crippen LogP contribution is 2.26. The van der Waals surface area contributed by atoms with Crippen LogP contribution in [-0.2, 0) is 11.3 Å². The van der Waals surface area contributed by atoms with Crippen molar-refractivity contribution in [2.75, 3.05) is 0 Å². The molecule has 2 aromatic rings. The van der Waals surface area contributed by atoms with Gasteiger partial charge in [-0.25, -0.2) is 4.68 Å². The van der Waals surface area contributed by atoms with Gasteiger partial charge in [-0.15, -0.1) is 5.10 Å². The number of carboxylic acids is 1. The first-order valence-electron chi connectivity index (χ1n) is 4.83. The van der Waals surface area contributed by atoms with E-state index in [0.29, 0.717) is 5.82 Å². The minimum absolute atomic E-state index is 0.256. The largest absolute Gasteiger partial charge is 0.480 e. The van der Waals surface area contributed by atoms with Crippen LogP contribution in [0.5, 0.6) is 0 Å². The van der Waals surface area contributed by atoms with E-state index in [1.54, 1.807) is 0 Å². The minimum atomic E-state index is -0.980. The van der Waals surface area contributed by atoms with Gasteiger partial charge >= 0.3 is 5.97 Å². The van der Waals surface area contributed by atoms with E-state index in [4.69, 9.17) is 5.11 Å². The molecule has 0 unspecified atom stereocenters. The van der Waals surface area contributed by atoms with Crippen molar-refractivity contribution in [3.63, 3.8) is 0 Å². The number of hydrogen-bond acceptors (Lipinski definition) is 4. The molecule has 1 aromatic carbocycles. The van der Waals surface area contributed by atoms with Crippen molar-refractivity contribution in [3.05, 3.63) is 28.2 Å². The molecule has 0 bridgehead atoms. The lowest BCUT2D eigenvalue weighted by Gasteiger charge is -2.06. The molecule has 1 aromatic heterocycles. The molecular formula is C10H9BrN4O2. The molecule has 88 valence electrons. The second-order valence-corrected chi connectivity index (χ2v) is 4.32. The fourth-order valence-electron chi connectivity index (χ4n) is 1.48. The molecule has 0 amide bonds. The van der Waals surface area contributed by atoms with E-state index < -0.39 is 5.97 Å². The second kappa shape index (κ2) is 4.62. The number of nitrogens with zero attached hydrogens (tertiary/aromatic N) is 4. The SMILES string of the molecule is Cc1c(Br)cccc1-c1nnnn1CC(=O)O. The predicted octanol–water partition coefficient (Wildman–Crippen LogP) is 1.50. The van der Waals surface area contributed by atoms with Gasteiger partial charge in [0.2, 0.25) is 0 Å². The van der Waals surface area contributed by atoms with Crippen LogP contribution in [0.15, 0.2) is 22.7 Å². The number of halogens is 1. The molecule has 0 saturated carbocycles. The summed E-state index contributed by atoms with van der Waals surface area (Å²) in [7, 11) is 0. The number of carbonyl (C=O) groups is 1. The third-order valence-electron chi connectivity index (χ3n) is 2.33. The maximum Gasteiger partial charge on any atom is 0.325 e. The summed E-state index contributed by atoms with van der Waals surface area (Å²) in [6.45, 7) is 1.66. The first-order valence-corrected chi connectivity index (χ1v) is 5.62. The zero-order chi connectivity index (χ0) is 12.4. The van der Waals surface area contributed by atoms with Crippen LogP contribution in [0.1, 0.15) is 5.56 Å². The van der Waals surface area contributed by atoms with E-state index in [1.807, 2.05) is 25.1 Å². The summed E-state index contributed by atoms with van der Waals surface area (Å²) < 4.78 is 2.19. The first-order chi connectivity index (χ1) is 8.09. The van der Waals surface area contributed by atoms with Gasteiger partial charge in [0.15, 0.2) is 5.82 Å². The molecule has 0 saturated heterocycles. The molecule has 6 nitrogen and oxygen atoms in total. The molecule has 1 N–H and O–H groups in total. The van der Waals surface area contributed by atoms with Crippen molar-refractivity contribution in [2.24, 2.45) is 0 Å². The molecule has 0 spiro atoms. The summed E-state index contributed by atoms with van der Waals surface area (Å²) >= 11 is 3.41. The van der Waals surface area contributed by atoms with Crippen molar-refractivity contribution < 1.29 is 9.90 Å². The quantitative estimate of drug-likeness (QED) is 0.928. The maximum atomic E-state index is 10.7. The Kier molecular flexibility index (Phi) is 3.19. The summed E-state index contributed by atoms with van der Waals surface area (Å²) in [5.74, 6) is -0.530. The molecule has 0 fully saturated rings. The fourth-order valence-corrected chi connectivity index (χ4v) is 1.85. The lowest BCUT2D eigenvalue weighted by atomic mass is 10.1. The third-order valence-corrected chi connectivity index (χ3v) is 3.18. The van der Waals surface area contributed by atoms with Gasteiger partial charge in [0.05, 0.1) is 0 Å². The van der Waals surface area contributed by atoms with Gasteiger partial charge in [-0.2, -0.15) is 0 Å². The molecule has 0 aliphatic carbocycles. The minimum Gasteiger partial charge on any atom is -0.480 e. The van der Waals surface area contributed by atoms with Gasteiger partial charge < -0.3 is 5.11 Å². The van der Waals surface area contributed by atoms with E-state index in [1.165, 1.54) is 4.68 Å². The zero-order valence-corrected chi connectivity index (χ0v) is 10.5. The van der Waals surface area contributed by atoms with Crippen molar-refractivity contribution in [1.82, 2.24) is 20.2 Å². The number of rotatable bonds is 3. The highest BCUT2D eigenvalue weighted by atomic mass is 79.9. The van der Waals surface area contributed by atoms with Crippen molar-refractivity contribution in [2.45, 2.75) is 13.5 Å². The average Bonchev–Trinajstić information content (AvgIpc) is 2.69. The monoisotopic (exact) mass is 296 g/mol. The molecule has 0 aliphatic rings. The van der Waals surface area contributed by atoms with Gasteiger partial charge in [-0.05, 0) is 29.0 Å². The van der Waals surface area contributed by atoms with E-state index in [2.05, 4.69) is 31.5 Å². The zero-order valence-electron chi connectivity index (χ0n) is 8.96. The fraction of sp³-hybridized carbons (Fsp3) is 0.200. The third kappa shape index (κ3) is 2.33. The van der Waals surface area contributed by atoms with Gasteiger partial charge in [0, 0.05) is 10.0 Å². The summed E-state index contributed by atoms with van der Waals surface area (Å²) in [6.07, 6.45) is 0. The van der Waals surface area contributed by atoms with E-state index in [-0.39, 0.29) is 6.54 Å². The average molecular weight is 297 g/mol. The number of benzene rings is 1. The molecule has 0 aliphatic heterocycles. The standard InChI is InChI=1S/C10H9BrN4O2/c1-6-7(3-2-4-8(6)11)10-12-13-14-15(10)5-9(16)17/h2-4H,5H2,1H3,(H,16,17). The van der Waals surface area contributed by atoms with Crippen LogP contribution in [0.2, 0.25) is 0 Å². The summed E-state index contributed by atoms with van der Waals surface area (Å²) in [5.41, 5.74) is 1.78. The Bertz CT molecular complexity index is 567. The lowest BCUT2D eigenvalue weighted by molar-refractivity contribution is -0.137. The normalized spacial score (nSPS) is 10.5. The smallest absolute Gasteiger partial charge is 0.325 e. The Balaban J connectivity index is 2.50. The Morgan fingerprint density at radius 1 is 1.53 bits per heavy atom. The van der Waals surface area contributed by atoms with Gasteiger partial charge in [-0.3, -0.25) is 4.79 Å². The van der Waals surface area contributed by atoms with Crippen LogP contribution >= 0.6 is 15.9 Å². The number of hydrogen-bond donors (Lipinski definition) is 1. The predicted molar refractivity (Wildman–Crippen MR) is 63.3 cm³/mol. The van der Waals surface area contributed by atoms with Crippen LogP contribution in [0, 0.1) is 6.92 Å². The summed E-state index contributed by atoms with van der Waals surface area (Å²) in [6, 6.07) is 5.61. The van der Waals surface area contributed by atoms with Gasteiger partial charge in [0.25, 0.3) is 0 Å². The number of aromatic nitrogens is 4. The van der Waals surface area contributed by atoms with Crippen LogP contribution in [0.3, 0.4) is 0 Å². The van der Waals surface area contributed by atoms with Crippen molar-refractivity contribution in [3.8, 4) is 11.4 Å². The highest BCUT2D eigenvalue weighted by Gasteiger charge is 2.14. The Morgan fingerprint density at radius 3 is 3.00 bits per heavy atom.